The van der Waals surface area contributed by atoms with Crippen molar-refractivity contribution < 1.29 is 0 Å². The van der Waals surface area contributed by atoms with Gasteiger partial charge in [-0.1, -0.05) is 51.4 Å². The molecule has 0 saturated heterocycles. The zero-order valence-electron chi connectivity index (χ0n) is 12.9. The van der Waals surface area contributed by atoms with E-state index in [9.17, 15) is 0 Å². The standard InChI is InChI=1S/C17H33NS/c1-18(16-10-6-2-3-7-11-16)14-17(15-19)12-8-4-5-9-13-17/h16,19H,2-15H2,1H3. The summed E-state index contributed by atoms with van der Waals surface area (Å²) >= 11 is 4.73. The molecule has 0 spiro atoms. The van der Waals surface area contributed by atoms with Crippen molar-refractivity contribution in [3.05, 3.63) is 0 Å². The molecule has 0 amide bonds. The fourth-order valence-corrected chi connectivity index (χ4v) is 4.62. The van der Waals surface area contributed by atoms with Crippen LogP contribution < -0.4 is 0 Å². The van der Waals surface area contributed by atoms with Crippen molar-refractivity contribution in [3.63, 3.8) is 0 Å². The predicted molar refractivity (Wildman–Crippen MR) is 88.1 cm³/mol. The fourth-order valence-electron chi connectivity index (χ4n) is 4.20. The summed E-state index contributed by atoms with van der Waals surface area (Å²) in [5.41, 5.74) is 0.515. The molecule has 2 heteroatoms. The third-order valence-corrected chi connectivity index (χ3v) is 6.20. The van der Waals surface area contributed by atoms with E-state index in [1.54, 1.807) is 0 Å². The second-order valence-electron chi connectivity index (χ2n) is 7.13. The summed E-state index contributed by atoms with van der Waals surface area (Å²) < 4.78 is 0. The minimum atomic E-state index is 0.515. The molecule has 0 aliphatic heterocycles. The molecule has 0 radical (unpaired) electrons. The molecule has 0 aromatic rings. The molecule has 0 heterocycles. The maximum Gasteiger partial charge on any atom is 0.00924 e. The van der Waals surface area contributed by atoms with E-state index in [2.05, 4.69) is 11.9 Å². The number of nitrogens with zero attached hydrogens (tertiary/aromatic N) is 1. The lowest BCUT2D eigenvalue weighted by atomic mass is 9.81. The van der Waals surface area contributed by atoms with Crippen LogP contribution in [0.3, 0.4) is 0 Å². The van der Waals surface area contributed by atoms with Crippen molar-refractivity contribution in [2.45, 2.75) is 83.1 Å². The second kappa shape index (κ2) is 7.93. The lowest BCUT2D eigenvalue weighted by molar-refractivity contribution is 0.127. The normalized spacial score (nSPS) is 26.1. The average Bonchev–Trinajstić information content (AvgIpc) is 2.81. The van der Waals surface area contributed by atoms with Gasteiger partial charge in [-0.15, -0.1) is 0 Å². The molecular formula is C17H33NS. The monoisotopic (exact) mass is 283 g/mol. The van der Waals surface area contributed by atoms with Crippen molar-refractivity contribution in [2.24, 2.45) is 5.41 Å². The van der Waals surface area contributed by atoms with E-state index in [-0.39, 0.29) is 0 Å². The Morgan fingerprint density at radius 3 is 1.95 bits per heavy atom. The Morgan fingerprint density at radius 1 is 0.895 bits per heavy atom. The maximum atomic E-state index is 4.73. The SMILES string of the molecule is CN(CC1(CS)CCCCCC1)C1CCCCCC1. The molecule has 2 aliphatic rings. The highest BCUT2D eigenvalue weighted by Crippen LogP contribution is 2.37. The largest absolute Gasteiger partial charge is 0.303 e. The Balaban J connectivity index is 1.91. The van der Waals surface area contributed by atoms with Crippen molar-refractivity contribution in [1.29, 1.82) is 0 Å². The molecule has 0 N–H and O–H groups in total. The Labute approximate surface area is 125 Å². The smallest absolute Gasteiger partial charge is 0.00924 e. The van der Waals surface area contributed by atoms with Gasteiger partial charge in [-0.2, -0.15) is 12.6 Å². The first-order valence-corrected chi connectivity index (χ1v) is 9.20. The number of hydrogen-bond acceptors (Lipinski definition) is 2. The van der Waals surface area contributed by atoms with Crippen molar-refractivity contribution >= 4 is 12.6 Å². The number of rotatable bonds is 4. The molecule has 2 saturated carbocycles. The predicted octanol–water partition coefficient (Wildman–Crippen LogP) is 4.91. The summed E-state index contributed by atoms with van der Waals surface area (Å²) in [4.78, 5) is 2.70. The van der Waals surface area contributed by atoms with Crippen LogP contribution in [0.5, 0.6) is 0 Å². The zero-order chi connectivity index (χ0) is 13.6. The van der Waals surface area contributed by atoms with Gasteiger partial charge in [-0.3, -0.25) is 0 Å². The zero-order valence-corrected chi connectivity index (χ0v) is 13.8. The van der Waals surface area contributed by atoms with Gasteiger partial charge in [-0.05, 0) is 43.9 Å². The van der Waals surface area contributed by atoms with E-state index in [0.717, 1.165) is 11.8 Å². The van der Waals surface area contributed by atoms with E-state index >= 15 is 0 Å². The van der Waals surface area contributed by atoms with Gasteiger partial charge in [0.05, 0.1) is 0 Å². The molecule has 0 bridgehead atoms. The summed E-state index contributed by atoms with van der Waals surface area (Å²) in [5, 5.41) is 0. The van der Waals surface area contributed by atoms with Crippen LogP contribution in [0.15, 0.2) is 0 Å². The second-order valence-corrected chi connectivity index (χ2v) is 7.45. The summed E-state index contributed by atoms with van der Waals surface area (Å²) in [6, 6.07) is 0.850. The van der Waals surface area contributed by atoms with Gasteiger partial charge in [0.15, 0.2) is 0 Å². The third kappa shape index (κ3) is 4.67. The van der Waals surface area contributed by atoms with Gasteiger partial charge in [0.1, 0.15) is 0 Å². The summed E-state index contributed by atoms with van der Waals surface area (Å²) in [5.74, 6) is 1.09. The van der Waals surface area contributed by atoms with E-state index < -0.39 is 0 Å². The van der Waals surface area contributed by atoms with Gasteiger partial charge in [0, 0.05) is 12.6 Å². The van der Waals surface area contributed by atoms with E-state index in [4.69, 9.17) is 12.6 Å². The average molecular weight is 284 g/mol. The van der Waals surface area contributed by atoms with Gasteiger partial charge < -0.3 is 4.90 Å². The van der Waals surface area contributed by atoms with Crippen LogP contribution in [0, 0.1) is 5.41 Å². The van der Waals surface area contributed by atoms with Crippen LogP contribution in [0.1, 0.15) is 77.0 Å². The highest BCUT2D eigenvalue weighted by Gasteiger charge is 2.32. The van der Waals surface area contributed by atoms with Gasteiger partial charge in [0.2, 0.25) is 0 Å². The molecule has 0 aromatic heterocycles. The van der Waals surface area contributed by atoms with Crippen LogP contribution in [-0.4, -0.2) is 30.3 Å². The number of hydrogen-bond donors (Lipinski definition) is 1. The molecule has 2 fully saturated rings. The van der Waals surface area contributed by atoms with Crippen molar-refractivity contribution in [2.75, 3.05) is 19.3 Å². The molecule has 2 rings (SSSR count). The van der Waals surface area contributed by atoms with Gasteiger partial charge in [-0.25, -0.2) is 0 Å². The first-order chi connectivity index (χ1) is 9.26. The molecular weight excluding hydrogens is 250 g/mol. The molecule has 2 aliphatic carbocycles. The quantitative estimate of drug-likeness (QED) is 0.566. The van der Waals surface area contributed by atoms with Gasteiger partial charge in [0.25, 0.3) is 0 Å². The highest BCUT2D eigenvalue weighted by atomic mass is 32.1. The summed E-state index contributed by atoms with van der Waals surface area (Å²) in [6.07, 6.45) is 17.2. The Morgan fingerprint density at radius 2 is 1.42 bits per heavy atom. The molecule has 1 nitrogen and oxygen atoms in total. The van der Waals surface area contributed by atoms with Crippen LogP contribution in [-0.2, 0) is 0 Å². The van der Waals surface area contributed by atoms with Crippen LogP contribution >= 0.6 is 12.6 Å². The van der Waals surface area contributed by atoms with E-state index in [1.165, 1.54) is 83.6 Å². The Kier molecular flexibility index (Phi) is 6.55. The number of thiol groups is 1. The van der Waals surface area contributed by atoms with Crippen LogP contribution in [0.25, 0.3) is 0 Å². The van der Waals surface area contributed by atoms with Crippen molar-refractivity contribution in [3.8, 4) is 0 Å². The highest BCUT2D eigenvalue weighted by molar-refractivity contribution is 7.80. The van der Waals surface area contributed by atoms with E-state index in [1.807, 2.05) is 0 Å². The fraction of sp³-hybridized carbons (Fsp3) is 1.00. The first kappa shape index (κ1) is 15.7. The van der Waals surface area contributed by atoms with Gasteiger partial charge >= 0.3 is 0 Å². The van der Waals surface area contributed by atoms with Crippen LogP contribution in [0.2, 0.25) is 0 Å². The maximum absolute atomic E-state index is 4.73. The van der Waals surface area contributed by atoms with Crippen molar-refractivity contribution in [1.82, 2.24) is 4.90 Å². The third-order valence-electron chi connectivity index (χ3n) is 5.53. The molecule has 112 valence electrons. The molecule has 19 heavy (non-hydrogen) atoms. The topological polar surface area (TPSA) is 3.24 Å². The molecule has 0 aromatic carbocycles. The first-order valence-electron chi connectivity index (χ1n) is 8.57. The Hall–Kier alpha value is 0.310. The molecule has 0 atom stereocenters. The summed E-state index contributed by atoms with van der Waals surface area (Å²) in [7, 11) is 2.38. The molecule has 0 unspecified atom stereocenters. The minimum absolute atomic E-state index is 0.515. The Bertz CT molecular complexity index is 238. The summed E-state index contributed by atoms with van der Waals surface area (Å²) in [6.45, 7) is 1.29. The minimum Gasteiger partial charge on any atom is -0.303 e. The lowest BCUT2D eigenvalue weighted by Crippen LogP contribution is -2.42. The van der Waals surface area contributed by atoms with E-state index in [0.29, 0.717) is 5.41 Å². The van der Waals surface area contributed by atoms with Crippen LogP contribution in [0.4, 0.5) is 0 Å². The lowest BCUT2D eigenvalue weighted by Gasteiger charge is -2.38.